The van der Waals surface area contributed by atoms with Crippen molar-refractivity contribution in [2.24, 2.45) is 0 Å². The molecule has 3 aromatic rings. The minimum absolute atomic E-state index is 0.139. The number of benzene rings is 1. The minimum atomic E-state index is -0.213. The molecule has 0 radical (unpaired) electrons. The highest BCUT2D eigenvalue weighted by atomic mass is 19.1. The first-order valence-electron chi connectivity index (χ1n) is 6.91. The van der Waals surface area contributed by atoms with Gasteiger partial charge in [0.2, 0.25) is 0 Å². The topological polar surface area (TPSA) is 42.2 Å². The Balaban J connectivity index is 1.69. The van der Waals surface area contributed by atoms with E-state index in [0.717, 1.165) is 22.5 Å². The van der Waals surface area contributed by atoms with Crippen LogP contribution in [0.25, 0.3) is 5.65 Å². The molecule has 2 heterocycles. The zero-order valence-corrected chi connectivity index (χ0v) is 12.0. The Hall–Kier alpha value is -2.27. The summed E-state index contributed by atoms with van der Waals surface area (Å²) in [6.45, 7) is 4.68. The first kappa shape index (κ1) is 13.7. The van der Waals surface area contributed by atoms with Gasteiger partial charge in [0, 0.05) is 36.6 Å². The molecule has 0 aliphatic rings. The molecule has 0 fully saturated rings. The number of aromatic nitrogens is 3. The van der Waals surface area contributed by atoms with E-state index in [0.29, 0.717) is 6.54 Å². The van der Waals surface area contributed by atoms with Crippen molar-refractivity contribution in [3.05, 3.63) is 65.4 Å². The number of fused-ring (bicyclic) bond motifs is 1. The van der Waals surface area contributed by atoms with Crippen LogP contribution in [0.4, 0.5) is 4.39 Å². The van der Waals surface area contributed by atoms with E-state index in [-0.39, 0.29) is 11.9 Å². The Morgan fingerprint density at radius 3 is 2.81 bits per heavy atom. The number of aryl methyl sites for hydroxylation is 1. The van der Waals surface area contributed by atoms with Gasteiger partial charge in [-0.05, 0) is 31.5 Å². The molecular weight excluding hydrogens is 267 g/mol. The molecule has 3 rings (SSSR count). The monoisotopic (exact) mass is 284 g/mol. The number of nitrogens with one attached hydrogen (secondary N) is 1. The molecule has 0 amide bonds. The average molecular weight is 284 g/mol. The Morgan fingerprint density at radius 1 is 1.29 bits per heavy atom. The molecule has 4 nitrogen and oxygen atoms in total. The van der Waals surface area contributed by atoms with Gasteiger partial charge in [-0.1, -0.05) is 12.1 Å². The highest BCUT2D eigenvalue weighted by Crippen LogP contribution is 2.14. The van der Waals surface area contributed by atoms with Crippen LogP contribution in [-0.2, 0) is 6.54 Å². The molecule has 0 spiro atoms. The molecule has 2 aromatic heterocycles. The molecule has 0 saturated carbocycles. The summed E-state index contributed by atoms with van der Waals surface area (Å²) >= 11 is 0. The first-order chi connectivity index (χ1) is 10.1. The van der Waals surface area contributed by atoms with Gasteiger partial charge in [-0.25, -0.2) is 13.9 Å². The zero-order chi connectivity index (χ0) is 14.8. The van der Waals surface area contributed by atoms with Crippen molar-refractivity contribution in [2.75, 3.05) is 0 Å². The van der Waals surface area contributed by atoms with Gasteiger partial charge in [0.25, 0.3) is 0 Å². The standard InChI is InChI=1S/C16H17FN4/c1-11-7-16-19-9-13(10-21(16)20-11)8-18-12(2)14-3-5-15(17)6-4-14/h3-7,9-10,12,18H,8H2,1-2H3. The molecule has 21 heavy (non-hydrogen) atoms. The molecule has 1 aromatic carbocycles. The SMILES string of the molecule is Cc1cc2ncc(CNC(C)c3ccc(F)cc3)cn2n1. The number of halogens is 1. The van der Waals surface area contributed by atoms with E-state index in [1.807, 2.05) is 25.4 Å². The van der Waals surface area contributed by atoms with E-state index < -0.39 is 0 Å². The summed E-state index contributed by atoms with van der Waals surface area (Å²) in [5, 5.41) is 7.76. The Kier molecular flexibility index (Phi) is 3.66. The summed E-state index contributed by atoms with van der Waals surface area (Å²) < 4.78 is 14.7. The number of rotatable bonds is 4. The Bertz CT molecular complexity index is 749. The predicted molar refractivity (Wildman–Crippen MR) is 79.4 cm³/mol. The van der Waals surface area contributed by atoms with Crippen molar-refractivity contribution in [1.29, 1.82) is 0 Å². The van der Waals surface area contributed by atoms with Crippen molar-refractivity contribution in [2.45, 2.75) is 26.4 Å². The first-order valence-corrected chi connectivity index (χ1v) is 6.91. The molecule has 0 aliphatic carbocycles. The number of hydrogen-bond donors (Lipinski definition) is 1. The second kappa shape index (κ2) is 5.61. The normalized spacial score (nSPS) is 12.7. The van der Waals surface area contributed by atoms with Gasteiger partial charge in [-0.3, -0.25) is 0 Å². The van der Waals surface area contributed by atoms with Crippen LogP contribution in [-0.4, -0.2) is 14.6 Å². The highest BCUT2D eigenvalue weighted by molar-refractivity contribution is 5.38. The molecule has 1 unspecified atom stereocenters. The summed E-state index contributed by atoms with van der Waals surface area (Å²) in [5.41, 5.74) is 3.91. The molecule has 5 heteroatoms. The van der Waals surface area contributed by atoms with E-state index in [2.05, 4.69) is 22.3 Å². The Labute approximate surface area is 122 Å². The summed E-state index contributed by atoms with van der Waals surface area (Å²) in [4.78, 5) is 4.38. The quantitative estimate of drug-likeness (QED) is 0.800. The fourth-order valence-electron chi connectivity index (χ4n) is 2.27. The lowest BCUT2D eigenvalue weighted by molar-refractivity contribution is 0.568. The molecule has 108 valence electrons. The summed E-state index contributed by atoms with van der Waals surface area (Å²) in [7, 11) is 0. The number of hydrogen-bond acceptors (Lipinski definition) is 3. The molecule has 0 aliphatic heterocycles. The van der Waals surface area contributed by atoms with Gasteiger partial charge in [0.15, 0.2) is 5.65 Å². The van der Waals surface area contributed by atoms with Crippen molar-refractivity contribution >= 4 is 5.65 Å². The third-order valence-corrected chi connectivity index (χ3v) is 3.47. The smallest absolute Gasteiger partial charge is 0.155 e. The van der Waals surface area contributed by atoms with Crippen LogP contribution < -0.4 is 5.32 Å². The molecule has 0 saturated heterocycles. The summed E-state index contributed by atoms with van der Waals surface area (Å²) in [6.07, 6.45) is 3.82. The summed E-state index contributed by atoms with van der Waals surface area (Å²) in [5.74, 6) is -0.213. The van der Waals surface area contributed by atoms with Gasteiger partial charge < -0.3 is 5.32 Å². The molecular formula is C16H17FN4. The summed E-state index contributed by atoms with van der Waals surface area (Å²) in [6, 6.07) is 8.64. The van der Waals surface area contributed by atoms with Gasteiger partial charge in [0.1, 0.15) is 5.82 Å². The van der Waals surface area contributed by atoms with Crippen molar-refractivity contribution < 1.29 is 4.39 Å². The lowest BCUT2D eigenvalue weighted by Crippen LogP contribution is -2.18. The Morgan fingerprint density at radius 2 is 2.05 bits per heavy atom. The van der Waals surface area contributed by atoms with Crippen molar-refractivity contribution in [3.63, 3.8) is 0 Å². The van der Waals surface area contributed by atoms with Crippen LogP contribution in [0.5, 0.6) is 0 Å². The molecule has 1 N–H and O–H groups in total. The second-order valence-electron chi connectivity index (χ2n) is 5.20. The lowest BCUT2D eigenvalue weighted by atomic mass is 10.1. The van der Waals surface area contributed by atoms with Gasteiger partial charge in [0.05, 0.1) is 5.69 Å². The van der Waals surface area contributed by atoms with E-state index in [1.54, 1.807) is 16.6 Å². The van der Waals surface area contributed by atoms with E-state index in [1.165, 1.54) is 12.1 Å². The second-order valence-corrected chi connectivity index (χ2v) is 5.20. The van der Waals surface area contributed by atoms with Gasteiger partial charge in [-0.15, -0.1) is 0 Å². The van der Waals surface area contributed by atoms with E-state index >= 15 is 0 Å². The van der Waals surface area contributed by atoms with Gasteiger partial charge >= 0.3 is 0 Å². The third kappa shape index (κ3) is 3.08. The van der Waals surface area contributed by atoms with Crippen molar-refractivity contribution in [1.82, 2.24) is 19.9 Å². The van der Waals surface area contributed by atoms with Crippen LogP contribution in [0, 0.1) is 12.7 Å². The van der Waals surface area contributed by atoms with Crippen LogP contribution in [0.2, 0.25) is 0 Å². The highest BCUT2D eigenvalue weighted by Gasteiger charge is 2.06. The molecule has 0 bridgehead atoms. The zero-order valence-electron chi connectivity index (χ0n) is 12.0. The van der Waals surface area contributed by atoms with E-state index in [9.17, 15) is 4.39 Å². The molecule has 1 atom stereocenters. The average Bonchev–Trinajstić information content (AvgIpc) is 2.84. The van der Waals surface area contributed by atoms with Crippen molar-refractivity contribution in [3.8, 4) is 0 Å². The number of nitrogens with zero attached hydrogens (tertiary/aromatic N) is 3. The maximum absolute atomic E-state index is 12.9. The lowest BCUT2D eigenvalue weighted by Gasteiger charge is -2.14. The maximum atomic E-state index is 12.9. The maximum Gasteiger partial charge on any atom is 0.155 e. The van der Waals surface area contributed by atoms with Crippen LogP contribution >= 0.6 is 0 Å². The van der Waals surface area contributed by atoms with Crippen LogP contribution in [0.1, 0.15) is 29.8 Å². The minimum Gasteiger partial charge on any atom is -0.306 e. The fourth-order valence-corrected chi connectivity index (χ4v) is 2.27. The van der Waals surface area contributed by atoms with Crippen LogP contribution in [0.3, 0.4) is 0 Å². The predicted octanol–water partition coefficient (Wildman–Crippen LogP) is 3.03. The largest absolute Gasteiger partial charge is 0.306 e. The van der Waals surface area contributed by atoms with Crippen LogP contribution in [0.15, 0.2) is 42.7 Å². The van der Waals surface area contributed by atoms with E-state index in [4.69, 9.17) is 0 Å². The third-order valence-electron chi connectivity index (χ3n) is 3.47. The van der Waals surface area contributed by atoms with Gasteiger partial charge in [-0.2, -0.15) is 5.10 Å². The fraction of sp³-hybridized carbons (Fsp3) is 0.250.